The van der Waals surface area contributed by atoms with E-state index in [0.717, 1.165) is 64.2 Å². The molecule has 0 aliphatic carbocycles. The van der Waals surface area contributed by atoms with E-state index in [4.69, 9.17) is 18.5 Å². The Morgan fingerprint density at radius 3 is 1.49 bits per heavy atom. The summed E-state index contributed by atoms with van der Waals surface area (Å²) in [6, 6.07) is 0. The smallest absolute Gasteiger partial charge is 0.462 e. The van der Waals surface area contributed by atoms with Gasteiger partial charge in [0.05, 0.1) is 13.2 Å². The number of hydrogen-bond donors (Lipinski definition) is 1. The second kappa shape index (κ2) is 41.9. The van der Waals surface area contributed by atoms with E-state index in [2.05, 4.69) is 74.6 Å². The molecular formula is C47H84NO8P. The topological polar surface area (TPSA) is 112 Å². The van der Waals surface area contributed by atoms with Crippen molar-refractivity contribution in [2.24, 2.45) is 0 Å². The van der Waals surface area contributed by atoms with E-state index in [1.165, 1.54) is 83.5 Å². The van der Waals surface area contributed by atoms with Crippen molar-refractivity contribution in [2.75, 3.05) is 40.5 Å². The van der Waals surface area contributed by atoms with Crippen LogP contribution in [-0.2, 0) is 32.7 Å². The van der Waals surface area contributed by atoms with Crippen LogP contribution in [0, 0.1) is 0 Å². The summed E-state index contributed by atoms with van der Waals surface area (Å²) in [5, 5.41) is 0. The molecule has 0 saturated carbocycles. The molecule has 330 valence electrons. The number of carbonyl (C=O) groups is 2. The molecule has 2 unspecified atom stereocenters. The van der Waals surface area contributed by atoms with Crippen LogP contribution in [0.5, 0.6) is 0 Å². The van der Waals surface area contributed by atoms with Crippen molar-refractivity contribution < 1.29 is 37.6 Å². The number of carbonyl (C=O) groups excluding carboxylic acids is 2. The van der Waals surface area contributed by atoms with Gasteiger partial charge in [-0.3, -0.25) is 18.6 Å². The predicted octanol–water partition coefficient (Wildman–Crippen LogP) is 13.1. The van der Waals surface area contributed by atoms with Gasteiger partial charge in [-0.15, -0.1) is 0 Å². The second-order valence-electron chi connectivity index (χ2n) is 15.2. The van der Waals surface area contributed by atoms with Gasteiger partial charge in [0.1, 0.15) is 6.61 Å². The molecule has 0 spiro atoms. The second-order valence-corrected chi connectivity index (χ2v) is 16.7. The molecule has 0 rings (SSSR count). The average Bonchev–Trinajstić information content (AvgIpc) is 3.18. The van der Waals surface area contributed by atoms with Crippen LogP contribution in [0.4, 0.5) is 0 Å². The standard InChI is InChI=1S/C47H84NO8P/c1-5-7-9-11-13-15-17-19-21-23-25-27-29-31-33-35-37-39-46(49)53-43-45(44-55-57(51,52)54-42-41-48(3)4)56-47(50)40-38-36-34-32-30-28-26-24-22-20-18-16-14-12-10-8-6-2/h13,15,19-22,26,28,32,34,45H,5-12,14,16-18,23-25,27,29-31,33,35-44H2,1-4H3,(H,51,52)/b15-13-,21-19-,22-20-,28-26-,34-32-. The number of ether oxygens (including phenoxy) is 2. The number of unbranched alkanes of at least 4 members (excludes halogenated alkanes) is 17. The zero-order chi connectivity index (χ0) is 41.9. The maximum Gasteiger partial charge on any atom is 0.472 e. The van der Waals surface area contributed by atoms with Crippen molar-refractivity contribution in [2.45, 2.75) is 187 Å². The van der Waals surface area contributed by atoms with Gasteiger partial charge in [-0.2, -0.15) is 0 Å². The number of esters is 2. The number of hydrogen-bond acceptors (Lipinski definition) is 8. The number of phosphoric ester groups is 1. The molecule has 0 aliphatic heterocycles. The fourth-order valence-electron chi connectivity index (χ4n) is 5.79. The molecule has 0 saturated heterocycles. The van der Waals surface area contributed by atoms with E-state index in [9.17, 15) is 19.0 Å². The Morgan fingerprint density at radius 2 is 0.965 bits per heavy atom. The summed E-state index contributed by atoms with van der Waals surface area (Å²) in [4.78, 5) is 37.0. The Morgan fingerprint density at radius 1 is 0.544 bits per heavy atom. The molecule has 10 heteroatoms. The first-order valence-corrected chi connectivity index (χ1v) is 24.1. The van der Waals surface area contributed by atoms with Crippen LogP contribution in [-0.4, -0.2) is 68.3 Å². The van der Waals surface area contributed by atoms with Gasteiger partial charge < -0.3 is 19.3 Å². The first-order chi connectivity index (χ1) is 27.7. The number of likely N-dealkylation sites (N-methyl/N-ethyl adjacent to an activating group) is 1. The maximum absolute atomic E-state index is 12.6. The van der Waals surface area contributed by atoms with Gasteiger partial charge >= 0.3 is 19.8 Å². The predicted molar refractivity (Wildman–Crippen MR) is 238 cm³/mol. The minimum absolute atomic E-state index is 0.00537. The van der Waals surface area contributed by atoms with E-state index < -0.39 is 32.5 Å². The van der Waals surface area contributed by atoms with Crippen LogP contribution >= 0.6 is 7.82 Å². The Bertz CT molecular complexity index is 1130. The van der Waals surface area contributed by atoms with Gasteiger partial charge in [0.2, 0.25) is 0 Å². The zero-order valence-corrected chi connectivity index (χ0v) is 37.7. The van der Waals surface area contributed by atoms with Gasteiger partial charge in [-0.25, -0.2) is 4.57 Å². The summed E-state index contributed by atoms with van der Waals surface area (Å²) in [5.74, 6) is -0.875. The van der Waals surface area contributed by atoms with Gasteiger partial charge in [0.15, 0.2) is 6.10 Å². The molecule has 0 radical (unpaired) electrons. The molecule has 0 aromatic heterocycles. The monoisotopic (exact) mass is 822 g/mol. The van der Waals surface area contributed by atoms with Crippen LogP contribution in [0.15, 0.2) is 60.8 Å². The normalized spacial score (nSPS) is 13.9. The van der Waals surface area contributed by atoms with Crippen LogP contribution in [0.3, 0.4) is 0 Å². The van der Waals surface area contributed by atoms with E-state index in [0.29, 0.717) is 13.0 Å². The third kappa shape index (κ3) is 43.1. The maximum atomic E-state index is 12.6. The summed E-state index contributed by atoms with van der Waals surface area (Å²) in [6.45, 7) is 4.22. The minimum Gasteiger partial charge on any atom is -0.462 e. The fraction of sp³-hybridized carbons (Fsp3) is 0.745. The lowest BCUT2D eigenvalue weighted by molar-refractivity contribution is -0.161. The lowest BCUT2D eigenvalue weighted by Crippen LogP contribution is -2.29. The first-order valence-electron chi connectivity index (χ1n) is 22.6. The van der Waals surface area contributed by atoms with Gasteiger partial charge in [-0.05, 0) is 91.1 Å². The Kier molecular flexibility index (Phi) is 40.2. The quantitative estimate of drug-likeness (QED) is 0.0279. The van der Waals surface area contributed by atoms with Crippen molar-refractivity contribution in [1.29, 1.82) is 0 Å². The van der Waals surface area contributed by atoms with E-state index >= 15 is 0 Å². The molecule has 0 amide bonds. The first kappa shape index (κ1) is 54.7. The number of phosphoric acid groups is 1. The van der Waals surface area contributed by atoms with Crippen LogP contribution in [0.2, 0.25) is 0 Å². The molecule has 57 heavy (non-hydrogen) atoms. The number of nitrogens with zero attached hydrogens (tertiary/aromatic N) is 1. The van der Waals surface area contributed by atoms with E-state index in [1.807, 2.05) is 19.0 Å². The van der Waals surface area contributed by atoms with Crippen molar-refractivity contribution in [3.05, 3.63) is 60.8 Å². The van der Waals surface area contributed by atoms with Gasteiger partial charge in [0.25, 0.3) is 0 Å². The molecular weight excluding hydrogens is 737 g/mol. The molecule has 0 aromatic rings. The molecule has 0 fully saturated rings. The average molecular weight is 822 g/mol. The minimum atomic E-state index is -4.38. The SMILES string of the molecule is CCCCC/C=C\C/C=C\CCCCCCCCCC(=O)OCC(COP(=O)(O)OCCN(C)C)OC(=O)CCC/C=C\C/C=C\C/C=C\CCCCCCCC. The Hall–Kier alpha value is -2.29. The summed E-state index contributed by atoms with van der Waals surface area (Å²) in [7, 11) is -0.745. The van der Waals surface area contributed by atoms with Gasteiger partial charge in [-0.1, -0.05) is 152 Å². The molecule has 0 heterocycles. The summed E-state index contributed by atoms with van der Waals surface area (Å²) < 4.78 is 33.4. The molecule has 2 atom stereocenters. The Balaban J connectivity index is 4.38. The van der Waals surface area contributed by atoms with E-state index in [-0.39, 0.29) is 26.1 Å². The summed E-state index contributed by atoms with van der Waals surface area (Å²) in [5.41, 5.74) is 0. The Labute approximate surface area is 349 Å². The van der Waals surface area contributed by atoms with Crippen molar-refractivity contribution in [3.8, 4) is 0 Å². The van der Waals surface area contributed by atoms with Crippen LogP contribution < -0.4 is 0 Å². The third-order valence-electron chi connectivity index (χ3n) is 9.30. The molecule has 0 bridgehead atoms. The van der Waals surface area contributed by atoms with Gasteiger partial charge in [0, 0.05) is 19.4 Å². The van der Waals surface area contributed by atoms with Crippen LogP contribution in [0.1, 0.15) is 181 Å². The van der Waals surface area contributed by atoms with E-state index in [1.54, 1.807) is 0 Å². The lowest BCUT2D eigenvalue weighted by atomic mass is 10.1. The molecule has 0 aromatic carbocycles. The fourth-order valence-corrected chi connectivity index (χ4v) is 6.53. The zero-order valence-electron chi connectivity index (χ0n) is 36.8. The van der Waals surface area contributed by atoms with Crippen molar-refractivity contribution in [1.82, 2.24) is 4.90 Å². The number of allylic oxidation sites excluding steroid dienone is 10. The van der Waals surface area contributed by atoms with Crippen molar-refractivity contribution >= 4 is 19.8 Å². The highest BCUT2D eigenvalue weighted by molar-refractivity contribution is 7.47. The third-order valence-corrected chi connectivity index (χ3v) is 10.3. The highest BCUT2D eigenvalue weighted by atomic mass is 31.2. The van der Waals surface area contributed by atoms with Crippen LogP contribution in [0.25, 0.3) is 0 Å². The number of rotatable bonds is 41. The summed E-state index contributed by atoms with van der Waals surface area (Å²) in [6.07, 6.45) is 48.4. The highest BCUT2D eigenvalue weighted by Gasteiger charge is 2.26. The summed E-state index contributed by atoms with van der Waals surface area (Å²) >= 11 is 0. The molecule has 0 aliphatic rings. The largest absolute Gasteiger partial charge is 0.472 e. The van der Waals surface area contributed by atoms with Crippen molar-refractivity contribution in [3.63, 3.8) is 0 Å². The molecule has 1 N–H and O–H groups in total. The molecule has 9 nitrogen and oxygen atoms in total. The lowest BCUT2D eigenvalue weighted by Gasteiger charge is -2.20. The highest BCUT2D eigenvalue weighted by Crippen LogP contribution is 2.43.